The Morgan fingerprint density at radius 2 is 0.591 bits per heavy atom. The highest BCUT2D eigenvalue weighted by atomic mass is 31.2. The maximum absolute atomic E-state index is 12.8. The van der Waals surface area contributed by atoms with Crippen molar-refractivity contribution in [3.63, 3.8) is 0 Å². The van der Waals surface area contributed by atoms with Crippen LogP contribution in [0.15, 0.2) is 109 Å². The van der Waals surface area contributed by atoms with Gasteiger partial charge in [-0.1, -0.05) is 367 Å². The number of allylic oxidation sites excluding steroid dienone is 18. The van der Waals surface area contributed by atoms with Gasteiger partial charge in [-0.05, 0) is 103 Å². The molecule has 0 amide bonds. The maximum atomic E-state index is 12.8. The summed E-state index contributed by atoms with van der Waals surface area (Å²) in [5.41, 5.74) is 5.41. The molecule has 0 rings (SSSR count). The van der Waals surface area contributed by atoms with Crippen LogP contribution in [0.3, 0.4) is 0 Å². The van der Waals surface area contributed by atoms with E-state index in [9.17, 15) is 19.0 Å². The molecule has 0 aliphatic rings. The monoisotopic (exact) mass is 1320 g/mol. The van der Waals surface area contributed by atoms with E-state index in [-0.39, 0.29) is 38.6 Å². The molecule has 0 saturated heterocycles. The zero-order valence-corrected chi connectivity index (χ0v) is 61.6. The third kappa shape index (κ3) is 77.6. The number of carbonyl (C=O) groups is 2. The van der Waals surface area contributed by atoms with Gasteiger partial charge in [0.15, 0.2) is 6.10 Å². The van der Waals surface area contributed by atoms with Crippen LogP contribution in [0.25, 0.3) is 0 Å². The number of phosphoric ester groups is 1. The fourth-order valence-corrected chi connectivity index (χ4v) is 12.1. The Morgan fingerprint density at radius 1 is 0.333 bits per heavy atom. The van der Waals surface area contributed by atoms with Gasteiger partial charge in [-0.25, -0.2) is 4.57 Å². The van der Waals surface area contributed by atoms with Crippen LogP contribution in [0.1, 0.15) is 373 Å². The molecule has 538 valence electrons. The van der Waals surface area contributed by atoms with E-state index in [2.05, 4.69) is 123 Å². The second kappa shape index (κ2) is 77.7. The Labute approximate surface area is 575 Å². The first kappa shape index (κ1) is 89.7. The highest BCUT2D eigenvalue weighted by Gasteiger charge is 2.26. The number of unbranched alkanes of at least 4 members (excludes halogenated alkanes) is 43. The largest absolute Gasteiger partial charge is 0.472 e. The number of hydrogen-bond acceptors (Lipinski definition) is 8. The highest BCUT2D eigenvalue weighted by molar-refractivity contribution is 7.47. The second-order valence-corrected chi connectivity index (χ2v) is 27.7. The van der Waals surface area contributed by atoms with Crippen molar-refractivity contribution in [1.29, 1.82) is 0 Å². The number of rotatable bonds is 74. The van der Waals surface area contributed by atoms with E-state index in [1.165, 1.54) is 250 Å². The molecule has 2 atom stereocenters. The summed E-state index contributed by atoms with van der Waals surface area (Å²) in [5.74, 6) is -0.812. The van der Waals surface area contributed by atoms with Gasteiger partial charge in [0.25, 0.3) is 0 Å². The van der Waals surface area contributed by atoms with Gasteiger partial charge in [-0.15, -0.1) is 0 Å². The Kier molecular flexibility index (Phi) is 74.9. The number of phosphoric acid groups is 1. The summed E-state index contributed by atoms with van der Waals surface area (Å²) in [4.78, 5) is 35.5. The average Bonchev–Trinajstić information content (AvgIpc) is 3.60. The first-order valence-electron chi connectivity index (χ1n) is 39.4. The van der Waals surface area contributed by atoms with Crippen molar-refractivity contribution in [2.75, 3.05) is 26.4 Å². The zero-order valence-electron chi connectivity index (χ0n) is 60.7. The molecule has 10 heteroatoms. The van der Waals surface area contributed by atoms with Crippen molar-refractivity contribution in [2.24, 2.45) is 5.73 Å². The Bertz CT molecular complexity index is 1900. The number of hydrogen-bond donors (Lipinski definition) is 2. The summed E-state index contributed by atoms with van der Waals surface area (Å²) in [7, 11) is -4.40. The Hall–Kier alpha value is -3.33. The zero-order chi connectivity index (χ0) is 67.2. The molecule has 0 aromatic heterocycles. The highest BCUT2D eigenvalue weighted by Crippen LogP contribution is 2.43. The summed E-state index contributed by atoms with van der Waals surface area (Å²) >= 11 is 0. The van der Waals surface area contributed by atoms with Crippen molar-refractivity contribution in [3.8, 4) is 0 Å². The Balaban J connectivity index is 3.81. The minimum Gasteiger partial charge on any atom is -0.462 e. The molecule has 0 aromatic carbocycles. The molecule has 0 aromatic rings. The molecule has 0 heterocycles. The fraction of sp³-hybridized carbons (Fsp3) is 0.759. The molecule has 0 fully saturated rings. The lowest BCUT2D eigenvalue weighted by Gasteiger charge is -2.19. The van der Waals surface area contributed by atoms with E-state index < -0.39 is 26.5 Å². The number of ether oxygens (including phenoxy) is 2. The van der Waals surface area contributed by atoms with Crippen LogP contribution < -0.4 is 5.73 Å². The third-order valence-corrected chi connectivity index (χ3v) is 18.1. The van der Waals surface area contributed by atoms with Crippen molar-refractivity contribution in [2.45, 2.75) is 380 Å². The third-order valence-electron chi connectivity index (χ3n) is 17.1. The van der Waals surface area contributed by atoms with Gasteiger partial charge in [0, 0.05) is 19.4 Å². The second-order valence-electron chi connectivity index (χ2n) is 26.2. The van der Waals surface area contributed by atoms with Crippen LogP contribution in [0.4, 0.5) is 0 Å². The molecular weight excluding hydrogens is 1170 g/mol. The quantitative estimate of drug-likeness (QED) is 0.0264. The molecule has 93 heavy (non-hydrogen) atoms. The molecule has 0 bridgehead atoms. The SMILES string of the molecule is CC/C=C\C/C=C\C/C=C\C/C=C\C/C=C\C/C=C\C/C=C\CCCCCCCCCCCCCCCCCCCC(=O)OC(COC(=O)CCCCCCCCCCCCCCCCCCCCCCC/C=C\C/C=C\CCCCCCC)COP(=O)(O)OCCN. The summed E-state index contributed by atoms with van der Waals surface area (Å²) < 4.78 is 33.3. The molecule has 0 radical (unpaired) electrons. The lowest BCUT2D eigenvalue weighted by atomic mass is 10.0. The summed E-state index contributed by atoms with van der Waals surface area (Å²) in [6.45, 7) is 3.67. The van der Waals surface area contributed by atoms with Gasteiger partial charge in [0.1, 0.15) is 6.61 Å². The van der Waals surface area contributed by atoms with Crippen LogP contribution in [0.5, 0.6) is 0 Å². The summed E-state index contributed by atoms with van der Waals surface area (Å²) in [6, 6.07) is 0. The average molecular weight is 1320 g/mol. The predicted octanol–water partition coefficient (Wildman–Crippen LogP) is 26.4. The molecular formula is C83H148NO8P. The minimum atomic E-state index is -4.40. The van der Waals surface area contributed by atoms with Gasteiger partial charge in [0.05, 0.1) is 13.2 Å². The van der Waals surface area contributed by atoms with Gasteiger partial charge in [-0.2, -0.15) is 0 Å². The molecule has 2 unspecified atom stereocenters. The Morgan fingerprint density at radius 3 is 0.882 bits per heavy atom. The molecule has 0 spiro atoms. The van der Waals surface area contributed by atoms with E-state index >= 15 is 0 Å². The van der Waals surface area contributed by atoms with Crippen LogP contribution in [0, 0.1) is 0 Å². The smallest absolute Gasteiger partial charge is 0.462 e. The van der Waals surface area contributed by atoms with E-state index in [0.29, 0.717) is 6.42 Å². The van der Waals surface area contributed by atoms with Gasteiger partial charge >= 0.3 is 19.8 Å². The van der Waals surface area contributed by atoms with E-state index in [4.69, 9.17) is 24.3 Å². The summed E-state index contributed by atoms with van der Waals surface area (Å²) in [5, 5.41) is 0. The molecule has 0 aliphatic carbocycles. The maximum Gasteiger partial charge on any atom is 0.472 e. The molecule has 3 N–H and O–H groups in total. The minimum absolute atomic E-state index is 0.0524. The topological polar surface area (TPSA) is 134 Å². The van der Waals surface area contributed by atoms with Gasteiger partial charge in [0.2, 0.25) is 0 Å². The van der Waals surface area contributed by atoms with Gasteiger partial charge in [-0.3, -0.25) is 18.6 Å². The van der Waals surface area contributed by atoms with Crippen LogP contribution in [-0.4, -0.2) is 49.3 Å². The van der Waals surface area contributed by atoms with Crippen molar-refractivity contribution >= 4 is 19.8 Å². The van der Waals surface area contributed by atoms with Crippen molar-refractivity contribution in [1.82, 2.24) is 0 Å². The van der Waals surface area contributed by atoms with Crippen LogP contribution in [0.2, 0.25) is 0 Å². The van der Waals surface area contributed by atoms with Gasteiger partial charge < -0.3 is 20.1 Å². The van der Waals surface area contributed by atoms with E-state index in [0.717, 1.165) is 89.9 Å². The standard InChI is InChI=1S/C83H148NO8P/c1-3-5-7-9-11-13-15-17-19-21-23-25-27-29-31-33-35-37-38-39-40-41-42-44-46-48-50-52-54-56-58-60-62-64-66-68-70-72-74-76-83(86)92-81(80-91-93(87,88)90-78-77-84)79-89-82(85)75-73-71-69-67-65-63-61-59-57-55-53-51-49-47-45-43-36-34-32-30-28-26-24-22-20-18-16-14-12-10-8-6-4-2/h5,7,11,13,16-19,22-25,29,31,35,37,39-40,81H,3-4,6,8-10,12,14-15,20-21,26-28,30,32-34,36,38,41-80,84H2,1-2H3,(H,87,88)/b7-5-,13-11-,18-16-,19-17-,24-22-,25-23-,31-29-,37-35-,40-39-. The molecule has 0 aliphatic heterocycles. The van der Waals surface area contributed by atoms with E-state index in [1.54, 1.807) is 0 Å². The molecule has 9 nitrogen and oxygen atoms in total. The fourth-order valence-electron chi connectivity index (χ4n) is 11.4. The van der Waals surface area contributed by atoms with E-state index in [1.807, 2.05) is 0 Å². The number of carbonyl (C=O) groups excluding carboxylic acids is 2. The van der Waals surface area contributed by atoms with Crippen molar-refractivity contribution < 1.29 is 37.6 Å². The van der Waals surface area contributed by atoms with Crippen LogP contribution in [-0.2, 0) is 32.7 Å². The summed E-state index contributed by atoms with van der Waals surface area (Å²) in [6.07, 6.45) is 108. The van der Waals surface area contributed by atoms with Crippen LogP contribution >= 0.6 is 7.82 Å². The first-order chi connectivity index (χ1) is 45.8. The van der Waals surface area contributed by atoms with Crippen molar-refractivity contribution in [3.05, 3.63) is 109 Å². The lowest BCUT2D eigenvalue weighted by Crippen LogP contribution is -2.29. The normalized spacial score (nSPS) is 13.5. The molecule has 0 saturated carbocycles. The number of esters is 2. The first-order valence-corrected chi connectivity index (χ1v) is 40.9. The number of nitrogens with two attached hydrogens (primary N) is 1. The predicted molar refractivity (Wildman–Crippen MR) is 404 cm³/mol. The lowest BCUT2D eigenvalue weighted by molar-refractivity contribution is -0.161.